The Morgan fingerprint density at radius 3 is 1.31 bits per heavy atom. The van der Waals surface area contributed by atoms with Crippen molar-refractivity contribution < 1.29 is 4.42 Å². The van der Waals surface area contributed by atoms with E-state index >= 15 is 0 Å². The van der Waals surface area contributed by atoms with Gasteiger partial charge in [-0.05, 0) is 119 Å². The third-order valence-corrected chi connectivity index (χ3v) is 13.4. The summed E-state index contributed by atoms with van der Waals surface area (Å²) in [6.45, 7) is 0. The van der Waals surface area contributed by atoms with Crippen LogP contribution in [0.25, 0.3) is 127 Å². The summed E-state index contributed by atoms with van der Waals surface area (Å²) in [5.74, 6) is 0. The molecule has 4 heteroatoms. The molecule has 4 heterocycles. The van der Waals surface area contributed by atoms with E-state index in [0.29, 0.717) is 0 Å². The zero-order chi connectivity index (χ0) is 41.9. The van der Waals surface area contributed by atoms with Gasteiger partial charge in [0.1, 0.15) is 11.2 Å². The third kappa shape index (κ3) is 5.11. The van der Waals surface area contributed by atoms with E-state index in [-0.39, 0.29) is 0 Å². The first-order valence-corrected chi connectivity index (χ1v) is 21.9. The quantitative estimate of drug-likeness (QED) is 0.170. The number of nitrogens with zero attached hydrogens (tertiary/aromatic N) is 3. The highest BCUT2D eigenvalue weighted by Crippen LogP contribution is 2.41. The second kappa shape index (κ2) is 13.4. The maximum atomic E-state index is 6.53. The summed E-state index contributed by atoms with van der Waals surface area (Å²) < 4.78 is 13.7. The van der Waals surface area contributed by atoms with Crippen molar-refractivity contribution in [2.45, 2.75) is 0 Å². The standard InChI is InChI=1S/C60H37N3O/c1-2-14-42(15-3-1)61-56-24-11-7-20-48(56)50-34-39(26-30-57(50)61)41-25-29-49-47-19-6-10-23-55(47)63(58(49)36-41)44-28-32-60-52(37-44)51-35-40(27-31-59(51)64-60)38-13-12-16-43(33-38)62-53-21-8-4-17-45(53)46-18-5-9-22-54(46)62/h1-37H. The molecule has 0 bridgehead atoms. The van der Waals surface area contributed by atoms with E-state index in [9.17, 15) is 0 Å². The van der Waals surface area contributed by atoms with Crippen molar-refractivity contribution in [3.63, 3.8) is 0 Å². The van der Waals surface area contributed by atoms with Crippen molar-refractivity contribution in [1.29, 1.82) is 0 Å². The van der Waals surface area contributed by atoms with Gasteiger partial charge in [-0.3, -0.25) is 0 Å². The van der Waals surface area contributed by atoms with Gasteiger partial charge >= 0.3 is 0 Å². The fourth-order valence-corrected chi connectivity index (χ4v) is 10.5. The van der Waals surface area contributed by atoms with E-state index in [4.69, 9.17) is 4.42 Å². The molecular formula is C60H37N3O. The SMILES string of the molecule is c1ccc(-n2c3ccccc3c3cc(-c4ccc5c6ccccc6n(-c6ccc7oc8ccc(-c9cccc(-n%10c%11ccccc%11c%11ccccc%11%10)c9)cc8c7c6)c5c4)ccc32)cc1. The van der Waals surface area contributed by atoms with Crippen LogP contribution >= 0.6 is 0 Å². The molecule has 0 atom stereocenters. The number of rotatable bonds is 5. The molecule has 10 aromatic carbocycles. The molecule has 0 aliphatic heterocycles. The van der Waals surface area contributed by atoms with Crippen LogP contribution in [0.1, 0.15) is 0 Å². The smallest absolute Gasteiger partial charge is 0.135 e. The number of fused-ring (bicyclic) bond motifs is 12. The lowest BCUT2D eigenvalue weighted by Gasteiger charge is -2.11. The summed E-state index contributed by atoms with van der Waals surface area (Å²) in [5.41, 5.74) is 17.0. The average molecular weight is 816 g/mol. The summed E-state index contributed by atoms with van der Waals surface area (Å²) in [6, 6.07) is 81.5. The molecule has 64 heavy (non-hydrogen) atoms. The lowest BCUT2D eigenvalue weighted by atomic mass is 10.0. The van der Waals surface area contributed by atoms with Gasteiger partial charge in [-0.25, -0.2) is 0 Å². The van der Waals surface area contributed by atoms with Gasteiger partial charge in [0, 0.05) is 60.2 Å². The van der Waals surface area contributed by atoms with Crippen LogP contribution in [-0.2, 0) is 0 Å². The highest BCUT2D eigenvalue weighted by molar-refractivity contribution is 6.14. The van der Waals surface area contributed by atoms with Crippen LogP contribution < -0.4 is 0 Å². The number of hydrogen-bond acceptors (Lipinski definition) is 1. The minimum atomic E-state index is 0.874. The molecule has 0 saturated heterocycles. The minimum absolute atomic E-state index is 0.874. The number of hydrogen-bond donors (Lipinski definition) is 0. The van der Waals surface area contributed by atoms with E-state index in [2.05, 4.69) is 238 Å². The molecule has 0 N–H and O–H groups in total. The van der Waals surface area contributed by atoms with Crippen LogP contribution in [0.2, 0.25) is 0 Å². The van der Waals surface area contributed by atoms with E-state index in [1.165, 1.54) is 76.5 Å². The summed E-state index contributed by atoms with van der Waals surface area (Å²) >= 11 is 0. The van der Waals surface area contributed by atoms with Gasteiger partial charge in [-0.1, -0.05) is 127 Å². The first-order chi connectivity index (χ1) is 31.7. The van der Waals surface area contributed by atoms with Crippen LogP contribution in [0.5, 0.6) is 0 Å². The monoisotopic (exact) mass is 815 g/mol. The summed E-state index contributed by atoms with van der Waals surface area (Å²) in [7, 11) is 0. The number of aromatic nitrogens is 3. The molecular weight excluding hydrogens is 779 g/mol. The van der Waals surface area contributed by atoms with Gasteiger partial charge in [0.15, 0.2) is 0 Å². The summed E-state index contributed by atoms with van der Waals surface area (Å²) in [4.78, 5) is 0. The maximum absolute atomic E-state index is 6.53. The number of furan rings is 1. The van der Waals surface area contributed by atoms with Crippen molar-refractivity contribution in [2.24, 2.45) is 0 Å². The van der Waals surface area contributed by atoms with Gasteiger partial charge in [-0.15, -0.1) is 0 Å². The van der Waals surface area contributed by atoms with Crippen molar-refractivity contribution in [2.75, 3.05) is 0 Å². The third-order valence-electron chi connectivity index (χ3n) is 13.4. The van der Waals surface area contributed by atoms with Crippen molar-refractivity contribution in [3.05, 3.63) is 224 Å². The molecule has 0 saturated carbocycles. The summed E-state index contributed by atoms with van der Waals surface area (Å²) in [5, 5.41) is 9.66. The molecule has 4 aromatic heterocycles. The molecule has 0 unspecified atom stereocenters. The Hall–Kier alpha value is -8.60. The lowest BCUT2D eigenvalue weighted by molar-refractivity contribution is 0.669. The largest absolute Gasteiger partial charge is 0.456 e. The van der Waals surface area contributed by atoms with Crippen molar-refractivity contribution >= 4 is 87.4 Å². The molecule has 298 valence electrons. The van der Waals surface area contributed by atoms with E-state index in [1.54, 1.807) is 0 Å². The molecule has 0 fully saturated rings. The topological polar surface area (TPSA) is 27.9 Å². The highest BCUT2D eigenvalue weighted by atomic mass is 16.3. The Morgan fingerprint density at radius 1 is 0.219 bits per heavy atom. The molecule has 0 radical (unpaired) electrons. The normalized spacial score (nSPS) is 12.1. The molecule has 0 aliphatic rings. The second-order valence-electron chi connectivity index (χ2n) is 16.9. The minimum Gasteiger partial charge on any atom is -0.456 e. The van der Waals surface area contributed by atoms with Crippen molar-refractivity contribution in [1.82, 2.24) is 13.7 Å². The first-order valence-electron chi connectivity index (χ1n) is 21.9. The van der Waals surface area contributed by atoms with Crippen LogP contribution in [0, 0.1) is 0 Å². The average Bonchev–Trinajstić information content (AvgIpc) is 4.10. The Balaban J connectivity index is 0.907. The van der Waals surface area contributed by atoms with E-state index < -0.39 is 0 Å². The second-order valence-corrected chi connectivity index (χ2v) is 16.9. The molecule has 0 aliphatic carbocycles. The number of benzene rings is 10. The fourth-order valence-electron chi connectivity index (χ4n) is 10.5. The Kier molecular flexibility index (Phi) is 7.36. The maximum Gasteiger partial charge on any atom is 0.135 e. The zero-order valence-electron chi connectivity index (χ0n) is 34.6. The Bertz CT molecular complexity index is 4140. The summed E-state index contributed by atoms with van der Waals surface area (Å²) in [6.07, 6.45) is 0. The number of para-hydroxylation sites is 5. The lowest BCUT2D eigenvalue weighted by Crippen LogP contribution is -1.94. The van der Waals surface area contributed by atoms with E-state index in [1.807, 2.05) is 0 Å². The predicted octanol–water partition coefficient (Wildman–Crippen LogP) is 16.2. The van der Waals surface area contributed by atoms with Crippen LogP contribution in [0.15, 0.2) is 229 Å². The van der Waals surface area contributed by atoms with Gasteiger partial charge < -0.3 is 18.1 Å². The van der Waals surface area contributed by atoms with Crippen LogP contribution in [-0.4, -0.2) is 13.7 Å². The molecule has 0 amide bonds. The molecule has 0 spiro atoms. The van der Waals surface area contributed by atoms with Gasteiger partial charge in [-0.2, -0.15) is 0 Å². The predicted molar refractivity (Wildman–Crippen MR) is 268 cm³/mol. The van der Waals surface area contributed by atoms with Crippen LogP contribution in [0.3, 0.4) is 0 Å². The Labute approximate surface area is 367 Å². The van der Waals surface area contributed by atoms with E-state index in [0.717, 1.165) is 50.1 Å². The van der Waals surface area contributed by atoms with Gasteiger partial charge in [0.2, 0.25) is 0 Å². The van der Waals surface area contributed by atoms with Gasteiger partial charge in [0.25, 0.3) is 0 Å². The zero-order valence-corrected chi connectivity index (χ0v) is 34.6. The Morgan fingerprint density at radius 2 is 0.641 bits per heavy atom. The van der Waals surface area contributed by atoms with Gasteiger partial charge in [0.05, 0.1) is 33.1 Å². The van der Waals surface area contributed by atoms with Crippen LogP contribution in [0.4, 0.5) is 0 Å². The van der Waals surface area contributed by atoms with Crippen molar-refractivity contribution in [3.8, 4) is 39.3 Å². The fraction of sp³-hybridized carbons (Fsp3) is 0. The molecule has 4 nitrogen and oxygen atoms in total. The highest BCUT2D eigenvalue weighted by Gasteiger charge is 2.18. The molecule has 14 aromatic rings. The first kappa shape index (κ1) is 35.0. The molecule has 14 rings (SSSR count).